The number of benzene rings is 1. The van der Waals surface area contributed by atoms with E-state index in [1.807, 2.05) is 4.90 Å². The molecule has 0 aliphatic carbocycles. The number of carbonyl (C=O) groups excluding carboxylic acids is 1. The average molecular weight is 433 g/mol. The number of aliphatic hydroxyl groups is 1. The Bertz CT molecular complexity index is 1040. The van der Waals surface area contributed by atoms with Crippen LogP contribution in [0.5, 0.6) is 0 Å². The van der Waals surface area contributed by atoms with Gasteiger partial charge in [0, 0.05) is 50.5 Å². The normalized spacial score (nSPS) is 23.5. The molecule has 0 spiro atoms. The molecule has 2 aliphatic heterocycles. The third-order valence-corrected chi connectivity index (χ3v) is 6.50. The molecule has 7 nitrogen and oxygen atoms in total. The highest BCUT2D eigenvalue weighted by Crippen LogP contribution is 2.44. The molecule has 2 atom stereocenters. The molecule has 1 N–H and O–H groups in total. The zero-order valence-corrected chi connectivity index (χ0v) is 16.9. The van der Waals surface area contributed by atoms with Gasteiger partial charge in [-0.05, 0) is 36.6 Å². The predicted molar refractivity (Wildman–Crippen MR) is 105 cm³/mol. The van der Waals surface area contributed by atoms with Gasteiger partial charge in [-0.2, -0.15) is 23.5 Å². The lowest BCUT2D eigenvalue weighted by molar-refractivity contribution is -0.137. The summed E-state index contributed by atoms with van der Waals surface area (Å²) < 4.78 is 41.7. The number of piperidine rings is 1. The van der Waals surface area contributed by atoms with E-state index in [1.54, 1.807) is 30.3 Å². The Labute approximate surface area is 177 Å². The number of nitrogens with zero attached hydrogens (tertiary/aromatic N) is 5. The Balaban J connectivity index is 1.59. The maximum atomic E-state index is 13.4. The second-order valence-corrected chi connectivity index (χ2v) is 8.29. The summed E-state index contributed by atoms with van der Waals surface area (Å²) in [7, 11) is 1.68. The number of aryl methyl sites for hydroxylation is 1. The van der Waals surface area contributed by atoms with Crippen molar-refractivity contribution in [3.05, 3.63) is 47.3 Å². The second-order valence-electron chi connectivity index (χ2n) is 8.29. The van der Waals surface area contributed by atoms with E-state index in [4.69, 9.17) is 5.26 Å². The number of hydrogen-bond acceptors (Lipinski definition) is 5. The van der Waals surface area contributed by atoms with Crippen molar-refractivity contribution in [2.45, 2.75) is 12.6 Å². The zero-order valence-electron chi connectivity index (χ0n) is 16.9. The third kappa shape index (κ3) is 3.63. The zero-order chi connectivity index (χ0) is 22.4. The fourth-order valence-electron chi connectivity index (χ4n) is 4.79. The molecule has 0 bridgehead atoms. The summed E-state index contributed by atoms with van der Waals surface area (Å²) in [4.78, 5) is 16.4. The minimum Gasteiger partial charge on any atom is -0.396 e. The molecular weight excluding hydrogens is 411 g/mol. The number of fused-ring (bicyclic) bond motifs is 1. The van der Waals surface area contributed by atoms with Crippen LogP contribution in [0, 0.1) is 22.7 Å². The molecule has 3 heterocycles. The van der Waals surface area contributed by atoms with Gasteiger partial charge in [0.1, 0.15) is 5.69 Å². The average Bonchev–Trinajstić information content (AvgIpc) is 3.35. The van der Waals surface area contributed by atoms with E-state index >= 15 is 0 Å². The van der Waals surface area contributed by atoms with Gasteiger partial charge in [-0.15, -0.1) is 0 Å². The largest absolute Gasteiger partial charge is 0.417 e. The molecule has 2 saturated heterocycles. The Kier molecular flexibility index (Phi) is 5.17. The molecule has 0 radical (unpaired) electrons. The van der Waals surface area contributed by atoms with Gasteiger partial charge in [0.15, 0.2) is 0 Å². The van der Waals surface area contributed by atoms with Crippen LogP contribution in [-0.4, -0.2) is 58.5 Å². The molecule has 164 valence electrons. The fourth-order valence-corrected chi connectivity index (χ4v) is 4.79. The molecule has 10 heteroatoms. The van der Waals surface area contributed by atoms with Gasteiger partial charge in [-0.1, -0.05) is 0 Å². The first-order valence-corrected chi connectivity index (χ1v) is 9.93. The van der Waals surface area contributed by atoms with Crippen molar-refractivity contribution in [2.24, 2.45) is 18.4 Å². The summed E-state index contributed by atoms with van der Waals surface area (Å²) >= 11 is 0. The van der Waals surface area contributed by atoms with Crippen LogP contribution in [0.25, 0.3) is 0 Å². The van der Waals surface area contributed by atoms with Crippen LogP contribution in [0.2, 0.25) is 0 Å². The minimum atomic E-state index is -4.63. The van der Waals surface area contributed by atoms with E-state index in [0.29, 0.717) is 44.0 Å². The first-order chi connectivity index (χ1) is 14.7. The lowest BCUT2D eigenvalue weighted by Crippen LogP contribution is -2.52. The highest BCUT2D eigenvalue weighted by molar-refractivity contribution is 5.92. The fraction of sp³-hybridized carbons (Fsp3) is 0.476. The van der Waals surface area contributed by atoms with Crippen molar-refractivity contribution < 1.29 is 23.1 Å². The summed E-state index contributed by atoms with van der Waals surface area (Å²) in [5.74, 6) is -0.138. The number of aromatic nitrogens is 2. The molecule has 2 aliphatic rings. The molecule has 0 saturated carbocycles. The van der Waals surface area contributed by atoms with Crippen LogP contribution >= 0.6 is 0 Å². The van der Waals surface area contributed by atoms with Gasteiger partial charge in [-0.25, -0.2) is 0 Å². The van der Waals surface area contributed by atoms with Gasteiger partial charge < -0.3 is 14.9 Å². The number of alkyl halides is 3. The maximum absolute atomic E-state index is 13.4. The number of carbonyl (C=O) groups is 1. The molecule has 1 aromatic heterocycles. The number of aliphatic hydroxyl groups excluding tert-OH is 1. The standard InChI is InChI=1S/C21H22F3N5O2/c1-27-18(4-6-26-27)19(31)28-7-5-15-10-29(12-20(15,11-28)13-30)16-3-2-14(9-25)17(8-16)21(22,23)24/h2-4,6,8,15,30H,5,7,10-13H2,1H3/t15-,20+/m0/s1. The van der Waals surface area contributed by atoms with Gasteiger partial charge in [0.25, 0.3) is 5.91 Å². The number of amides is 1. The highest BCUT2D eigenvalue weighted by Gasteiger charge is 2.50. The lowest BCUT2D eigenvalue weighted by Gasteiger charge is -2.42. The van der Waals surface area contributed by atoms with Gasteiger partial charge >= 0.3 is 6.18 Å². The Morgan fingerprint density at radius 3 is 2.74 bits per heavy atom. The molecule has 2 fully saturated rings. The third-order valence-electron chi connectivity index (χ3n) is 6.50. The van der Waals surface area contributed by atoms with E-state index in [1.165, 1.54) is 16.8 Å². The van der Waals surface area contributed by atoms with E-state index in [-0.39, 0.29) is 18.4 Å². The predicted octanol–water partition coefficient (Wildman–Crippen LogP) is 2.27. The Hall–Kier alpha value is -3.06. The van der Waals surface area contributed by atoms with E-state index < -0.39 is 22.7 Å². The molecule has 0 unspecified atom stereocenters. The molecule has 1 aromatic carbocycles. The minimum absolute atomic E-state index is 0.0399. The molecular formula is C21H22F3N5O2. The summed E-state index contributed by atoms with van der Waals surface area (Å²) in [6.07, 6.45) is -2.44. The Morgan fingerprint density at radius 2 is 2.13 bits per heavy atom. The van der Waals surface area contributed by atoms with Gasteiger partial charge in [-0.3, -0.25) is 9.48 Å². The Morgan fingerprint density at radius 1 is 1.35 bits per heavy atom. The lowest BCUT2D eigenvalue weighted by atomic mass is 9.74. The van der Waals surface area contributed by atoms with Crippen LogP contribution in [0.3, 0.4) is 0 Å². The number of halogens is 3. The van der Waals surface area contributed by atoms with Crippen molar-refractivity contribution in [2.75, 3.05) is 37.7 Å². The molecule has 2 aromatic rings. The first kappa shape index (κ1) is 21.2. The van der Waals surface area contributed by atoms with E-state index in [2.05, 4.69) is 5.10 Å². The van der Waals surface area contributed by atoms with Crippen LogP contribution in [-0.2, 0) is 13.2 Å². The summed E-state index contributed by atoms with van der Waals surface area (Å²) in [5, 5.41) is 23.3. The van der Waals surface area contributed by atoms with Gasteiger partial charge in [0.05, 0.1) is 23.8 Å². The molecule has 1 amide bonds. The summed E-state index contributed by atoms with van der Waals surface area (Å²) in [6.45, 7) is 1.46. The number of rotatable bonds is 3. The van der Waals surface area contributed by atoms with Crippen molar-refractivity contribution in [3.63, 3.8) is 0 Å². The number of nitriles is 1. The van der Waals surface area contributed by atoms with Crippen molar-refractivity contribution in [1.82, 2.24) is 14.7 Å². The molecule has 31 heavy (non-hydrogen) atoms. The number of anilines is 1. The number of likely N-dealkylation sites (tertiary alicyclic amines) is 1. The van der Waals surface area contributed by atoms with Crippen LogP contribution < -0.4 is 4.90 Å². The van der Waals surface area contributed by atoms with Crippen LogP contribution in [0.15, 0.2) is 30.5 Å². The van der Waals surface area contributed by atoms with Crippen molar-refractivity contribution in [1.29, 1.82) is 5.26 Å². The van der Waals surface area contributed by atoms with Gasteiger partial charge in [0.2, 0.25) is 0 Å². The highest BCUT2D eigenvalue weighted by atomic mass is 19.4. The monoisotopic (exact) mass is 433 g/mol. The first-order valence-electron chi connectivity index (χ1n) is 9.93. The molecule has 4 rings (SSSR count). The SMILES string of the molecule is Cn1nccc1C(=O)N1CC[C@H]2CN(c3ccc(C#N)c(C(F)(F)F)c3)C[C@@]2(CO)C1. The summed E-state index contributed by atoms with van der Waals surface area (Å²) in [5.41, 5.74) is -1.20. The smallest absolute Gasteiger partial charge is 0.396 e. The van der Waals surface area contributed by atoms with Crippen LogP contribution in [0.4, 0.5) is 18.9 Å². The van der Waals surface area contributed by atoms with Crippen molar-refractivity contribution >= 4 is 11.6 Å². The summed E-state index contributed by atoms with van der Waals surface area (Å²) in [6, 6.07) is 6.92. The maximum Gasteiger partial charge on any atom is 0.417 e. The second kappa shape index (κ2) is 7.57. The van der Waals surface area contributed by atoms with E-state index in [9.17, 15) is 23.1 Å². The van der Waals surface area contributed by atoms with Crippen LogP contribution in [0.1, 0.15) is 28.0 Å². The van der Waals surface area contributed by atoms with E-state index in [0.717, 1.165) is 6.07 Å². The quantitative estimate of drug-likeness (QED) is 0.803. The van der Waals surface area contributed by atoms with Crippen molar-refractivity contribution in [3.8, 4) is 6.07 Å². The topological polar surface area (TPSA) is 85.4 Å². The number of hydrogen-bond donors (Lipinski definition) is 1.